The van der Waals surface area contributed by atoms with Crippen molar-refractivity contribution in [2.24, 2.45) is 0 Å². The summed E-state index contributed by atoms with van der Waals surface area (Å²) in [4.78, 5) is 11.7. The molecule has 2 aromatic carbocycles. The number of amides is 1. The van der Waals surface area contributed by atoms with Crippen LogP contribution in [-0.4, -0.2) is 38.3 Å². The second kappa shape index (κ2) is 9.42. The van der Waals surface area contributed by atoms with Gasteiger partial charge in [0.25, 0.3) is 10.0 Å². The van der Waals surface area contributed by atoms with Crippen LogP contribution in [0.1, 0.15) is 11.1 Å². The van der Waals surface area contributed by atoms with Crippen LogP contribution in [0.2, 0.25) is 4.34 Å². The number of fused-ring (bicyclic) bond motifs is 1. The first-order valence-corrected chi connectivity index (χ1v) is 12.6. The number of carbonyl (C=O) groups excluding carboxylic acids is 1. The van der Waals surface area contributed by atoms with Gasteiger partial charge in [0, 0.05) is 7.05 Å². The molecular weight excluding hydrogens is 484 g/mol. The fourth-order valence-electron chi connectivity index (χ4n) is 3.46. The molecule has 0 radical (unpaired) electrons. The molecule has 0 spiro atoms. The summed E-state index contributed by atoms with van der Waals surface area (Å²) in [5.41, 5.74) is 2.49. The highest BCUT2D eigenvalue weighted by Crippen LogP contribution is 2.35. The molecule has 2 aromatic heterocycles. The third-order valence-electron chi connectivity index (χ3n) is 4.97. The van der Waals surface area contributed by atoms with E-state index >= 15 is 0 Å². The maximum Gasteiger partial charge on any atom is 0.272 e. The first-order chi connectivity index (χ1) is 15.8. The number of aromatic nitrogens is 2. The quantitative estimate of drug-likeness (QED) is 0.379. The van der Waals surface area contributed by atoms with Crippen molar-refractivity contribution in [2.45, 2.75) is 17.2 Å². The standard InChI is InChI=1S/C22H21ClN4O4S2/c1-24-19(28)12-14-5-3-6-15(11-14)13-27-16-7-4-8-17(31-2)21(16)22(25-27)26-33(29,30)20-10-9-18(23)32-20/h3-11H,12-13H2,1-2H3,(H,24,28)(H,25,26). The number of likely N-dealkylation sites (N-methyl/N-ethyl adjacent to an activating group) is 1. The molecule has 0 fully saturated rings. The maximum absolute atomic E-state index is 12.9. The Labute approximate surface area is 200 Å². The Morgan fingerprint density at radius 3 is 2.61 bits per heavy atom. The number of hydrogen-bond acceptors (Lipinski definition) is 6. The van der Waals surface area contributed by atoms with Crippen LogP contribution in [0.4, 0.5) is 5.82 Å². The van der Waals surface area contributed by atoms with Gasteiger partial charge in [-0.1, -0.05) is 41.9 Å². The van der Waals surface area contributed by atoms with E-state index in [4.69, 9.17) is 16.3 Å². The van der Waals surface area contributed by atoms with Crippen LogP contribution in [0, 0.1) is 0 Å². The molecule has 0 aliphatic heterocycles. The van der Waals surface area contributed by atoms with Gasteiger partial charge in [-0.15, -0.1) is 11.3 Å². The van der Waals surface area contributed by atoms with Gasteiger partial charge < -0.3 is 10.1 Å². The topological polar surface area (TPSA) is 102 Å². The van der Waals surface area contributed by atoms with E-state index < -0.39 is 10.0 Å². The summed E-state index contributed by atoms with van der Waals surface area (Å²) in [7, 11) is -0.764. The number of benzene rings is 2. The molecule has 33 heavy (non-hydrogen) atoms. The fraction of sp³-hybridized carbons (Fsp3) is 0.182. The number of carbonyl (C=O) groups is 1. The van der Waals surface area contributed by atoms with Crippen molar-refractivity contribution in [3.05, 3.63) is 70.1 Å². The maximum atomic E-state index is 12.9. The van der Waals surface area contributed by atoms with E-state index in [-0.39, 0.29) is 22.4 Å². The number of thiophene rings is 1. The highest BCUT2D eigenvalue weighted by Gasteiger charge is 2.23. The molecule has 0 bridgehead atoms. The van der Waals surface area contributed by atoms with Gasteiger partial charge in [-0.05, 0) is 35.4 Å². The van der Waals surface area contributed by atoms with Crippen molar-refractivity contribution >= 4 is 55.6 Å². The summed E-state index contributed by atoms with van der Waals surface area (Å²) in [5.74, 6) is 0.578. The van der Waals surface area contributed by atoms with E-state index in [1.807, 2.05) is 36.4 Å². The Bertz CT molecular complexity index is 1430. The van der Waals surface area contributed by atoms with Gasteiger partial charge in [-0.2, -0.15) is 5.10 Å². The SMILES string of the molecule is CNC(=O)Cc1cccc(Cn2nc(NS(=O)(=O)c3ccc(Cl)s3)c3c(OC)cccc32)c1. The molecule has 2 N–H and O–H groups in total. The monoisotopic (exact) mass is 504 g/mol. The third-order valence-corrected chi connectivity index (χ3v) is 8.03. The highest BCUT2D eigenvalue weighted by atomic mass is 35.5. The number of anilines is 1. The lowest BCUT2D eigenvalue weighted by Crippen LogP contribution is -2.20. The van der Waals surface area contributed by atoms with Crippen molar-refractivity contribution in [3.8, 4) is 5.75 Å². The van der Waals surface area contributed by atoms with Gasteiger partial charge in [0.1, 0.15) is 9.96 Å². The van der Waals surface area contributed by atoms with Crippen molar-refractivity contribution in [1.82, 2.24) is 15.1 Å². The minimum Gasteiger partial charge on any atom is -0.496 e. The van der Waals surface area contributed by atoms with Crippen LogP contribution in [0.5, 0.6) is 5.75 Å². The van der Waals surface area contributed by atoms with Crippen molar-refractivity contribution < 1.29 is 17.9 Å². The van der Waals surface area contributed by atoms with Crippen molar-refractivity contribution in [3.63, 3.8) is 0 Å². The molecule has 0 atom stereocenters. The zero-order chi connectivity index (χ0) is 23.6. The lowest BCUT2D eigenvalue weighted by Gasteiger charge is -2.07. The van der Waals surface area contributed by atoms with E-state index in [1.54, 1.807) is 17.8 Å². The summed E-state index contributed by atoms with van der Waals surface area (Å²) in [6.07, 6.45) is 0.270. The number of halogens is 1. The van der Waals surface area contributed by atoms with E-state index in [1.165, 1.54) is 19.2 Å². The number of hydrogen-bond donors (Lipinski definition) is 2. The smallest absolute Gasteiger partial charge is 0.272 e. The van der Waals surface area contributed by atoms with Crippen LogP contribution in [0.3, 0.4) is 0 Å². The normalized spacial score (nSPS) is 11.5. The van der Waals surface area contributed by atoms with Gasteiger partial charge >= 0.3 is 0 Å². The molecule has 2 heterocycles. The molecular formula is C22H21ClN4O4S2. The molecule has 0 saturated heterocycles. The Hall–Kier alpha value is -3.08. The zero-order valence-corrected chi connectivity index (χ0v) is 20.2. The highest BCUT2D eigenvalue weighted by molar-refractivity contribution is 7.94. The summed E-state index contributed by atoms with van der Waals surface area (Å²) >= 11 is 6.88. The van der Waals surface area contributed by atoms with Crippen LogP contribution in [0.15, 0.2) is 58.8 Å². The van der Waals surface area contributed by atoms with Gasteiger partial charge in [-0.3, -0.25) is 14.2 Å². The summed E-state index contributed by atoms with van der Waals surface area (Å²) in [6, 6.07) is 16.0. The first-order valence-electron chi connectivity index (χ1n) is 9.91. The molecule has 4 rings (SSSR count). The average molecular weight is 505 g/mol. The van der Waals surface area contributed by atoms with Crippen LogP contribution >= 0.6 is 22.9 Å². The number of rotatable bonds is 8. The predicted octanol–water partition coefficient (Wildman–Crippen LogP) is 3.90. The minimum atomic E-state index is -3.88. The molecule has 0 aliphatic rings. The molecule has 0 saturated carbocycles. The minimum absolute atomic E-state index is 0.0770. The Kier molecular flexibility index (Phi) is 6.59. The molecule has 4 aromatic rings. The van der Waals surface area contributed by atoms with Crippen LogP contribution in [0.25, 0.3) is 10.9 Å². The number of sulfonamides is 1. The van der Waals surface area contributed by atoms with E-state index in [0.717, 1.165) is 22.5 Å². The van der Waals surface area contributed by atoms with Gasteiger partial charge in [0.2, 0.25) is 5.91 Å². The van der Waals surface area contributed by atoms with Crippen LogP contribution < -0.4 is 14.8 Å². The molecule has 0 aliphatic carbocycles. The average Bonchev–Trinajstić information content (AvgIpc) is 3.38. The molecule has 11 heteroatoms. The molecule has 8 nitrogen and oxygen atoms in total. The number of ether oxygens (including phenoxy) is 1. The predicted molar refractivity (Wildman–Crippen MR) is 130 cm³/mol. The fourth-order valence-corrected chi connectivity index (χ4v) is 5.96. The Balaban J connectivity index is 1.73. The van der Waals surface area contributed by atoms with Gasteiger partial charge in [0.15, 0.2) is 5.82 Å². The van der Waals surface area contributed by atoms with Crippen LogP contribution in [-0.2, 0) is 27.8 Å². The number of nitrogens with one attached hydrogen (secondary N) is 2. The van der Waals surface area contributed by atoms with E-state index in [2.05, 4.69) is 15.1 Å². The summed E-state index contributed by atoms with van der Waals surface area (Å²) in [6.45, 7) is 0.373. The third kappa shape index (κ3) is 4.97. The Morgan fingerprint density at radius 2 is 1.91 bits per heavy atom. The first kappa shape index (κ1) is 23.1. The zero-order valence-electron chi connectivity index (χ0n) is 17.8. The van der Waals surface area contributed by atoms with E-state index in [9.17, 15) is 13.2 Å². The number of nitrogens with zero attached hydrogens (tertiary/aromatic N) is 2. The second-order valence-electron chi connectivity index (χ2n) is 7.19. The van der Waals surface area contributed by atoms with Crippen molar-refractivity contribution in [1.29, 1.82) is 0 Å². The van der Waals surface area contributed by atoms with Gasteiger partial charge in [0.05, 0.1) is 35.3 Å². The second-order valence-corrected chi connectivity index (χ2v) is 10.8. The molecule has 172 valence electrons. The lowest BCUT2D eigenvalue weighted by molar-refractivity contribution is -0.119. The Morgan fingerprint density at radius 1 is 1.15 bits per heavy atom. The van der Waals surface area contributed by atoms with Crippen molar-refractivity contribution in [2.75, 3.05) is 18.9 Å². The summed E-state index contributed by atoms with van der Waals surface area (Å²) < 4.78 is 36.1. The molecule has 1 amide bonds. The van der Waals surface area contributed by atoms with E-state index in [0.29, 0.717) is 27.5 Å². The summed E-state index contributed by atoms with van der Waals surface area (Å²) in [5, 5.41) is 7.72. The molecule has 0 unspecified atom stereocenters. The van der Waals surface area contributed by atoms with Gasteiger partial charge in [-0.25, -0.2) is 8.42 Å². The lowest BCUT2D eigenvalue weighted by atomic mass is 10.1. The number of methoxy groups -OCH3 is 1. The largest absolute Gasteiger partial charge is 0.496 e.